The molecule has 0 aromatic rings. The largest absolute Gasteiger partial charge is 0.317 e. The van der Waals surface area contributed by atoms with Gasteiger partial charge in [-0.05, 0) is 70.6 Å². The van der Waals surface area contributed by atoms with Crippen molar-refractivity contribution in [3.63, 3.8) is 0 Å². The number of hydrogen-bond donors (Lipinski definition) is 1. The van der Waals surface area contributed by atoms with E-state index in [1.54, 1.807) is 0 Å². The van der Waals surface area contributed by atoms with Crippen molar-refractivity contribution in [1.29, 1.82) is 0 Å². The Hall–Kier alpha value is 0.210. The van der Waals surface area contributed by atoms with E-state index in [1.807, 2.05) is 0 Å². The molecule has 2 aliphatic heterocycles. The number of rotatable bonds is 4. The molecule has 0 aromatic heterocycles. The Labute approximate surface area is 113 Å². The second kappa shape index (κ2) is 8.34. The number of nitrogens with zero attached hydrogens (tertiary/aromatic N) is 1. The summed E-state index contributed by atoms with van der Waals surface area (Å²) in [6.07, 6.45) is 9.95. The summed E-state index contributed by atoms with van der Waals surface area (Å²) >= 11 is 0. The zero-order valence-electron chi connectivity index (χ0n) is 11.3. The van der Waals surface area contributed by atoms with Crippen LogP contribution in [-0.2, 0) is 0 Å². The molecule has 1 atom stereocenters. The predicted molar refractivity (Wildman–Crippen MR) is 77.0 cm³/mol. The first-order valence-corrected chi connectivity index (χ1v) is 7.35. The Morgan fingerprint density at radius 1 is 1.12 bits per heavy atom. The van der Waals surface area contributed by atoms with Crippen molar-refractivity contribution in [3.05, 3.63) is 0 Å². The molecule has 2 saturated heterocycles. The van der Waals surface area contributed by atoms with Crippen LogP contribution in [0.15, 0.2) is 0 Å². The van der Waals surface area contributed by atoms with Crippen molar-refractivity contribution in [2.75, 3.05) is 26.2 Å². The molecule has 0 radical (unpaired) electrons. The van der Waals surface area contributed by atoms with E-state index in [0.29, 0.717) is 0 Å². The van der Waals surface area contributed by atoms with Gasteiger partial charge >= 0.3 is 0 Å². The molecule has 102 valence electrons. The lowest BCUT2D eigenvalue weighted by Gasteiger charge is -2.36. The van der Waals surface area contributed by atoms with Crippen LogP contribution in [0, 0.1) is 5.92 Å². The molecule has 0 aliphatic carbocycles. The van der Waals surface area contributed by atoms with E-state index in [0.717, 1.165) is 12.0 Å². The summed E-state index contributed by atoms with van der Waals surface area (Å²) in [5.41, 5.74) is 0. The summed E-state index contributed by atoms with van der Waals surface area (Å²) < 4.78 is 0. The molecular weight excluding hydrogens is 232 g/mol. The first-order valence-electron chi connectivity index (χ1n) is 7.35. The highest BCUT2D eigenvalue weighted by atomic mass is 35.5. The molecule has 2 fully saturated rings. The van der Waals surface area contributed by atoms with Crippen LogP contribution >= 0.6 is 12.4 Å². The van der Waals surface area contributed by atoms with Crippen LogP contribution in [0.2, 0.25) is 0 Å². The van der Waals surface area contributed by atoms with Gasteiger partial charge in [-0.3, -0.25) is 0 Å². The van der Waals surface area contributed by atoms with Gasteiger partial charge in [-0.2, -0.15) is 0 Å². The summed E-state index contributed by atoms with van der Waals surface area (Å²) in [4.78, 5) is 2.77. The molecule has 0 amide bonds. The number of piperidine rings is 2. The third-order valence-corrected chi connectivity index (χ3v) is 4.50. The first-order chi connectivity index (χ1) is 7.90. The maximum Gasteiger partial charge on any atom is 0.00926 e. The van der Waals surface area contributed by atoms with Crippen LogP contribution in [0.3, 0.4) is 0 Å². The average Bonchev–Trinajstić information content (AvgIpc) is 2.38. The fraction of sp³-hybridized carbons (Fsp3) is 1.00. The molecule has 1 N–H and O–H groups in total. The third kappa shape index (κ3) is 4.76. The first kappa shape index (κ1) is 15.3. The highest BCUT2D eigenvalue weighted by molar-refractivity contribution is 5.85. The third-order valence-electron chi connectivity index (χ3n) is 4.50. The van der Waals surface area contributed by atoms with Gasteiger partial charge in [0.05, 0.1) is 0 Å². The van der Waals surface area contributed by atoms with Gasteiger partial charge in [0.15, 0.2) is 0 Å². The van der Waals surface area contributed by atoms with Crippen LogP contribution in [0.5, 0.6) is 0 Å². The normalized spacial score (nSPS) is 27.7. The zero-order valence-corrected chi connectivity index (χ0v) is 12.1. The lowest BCUT2D eigenvalue weighted by molar-refractivity contribution is 0.131. The Kier molecular flexibility index (Phi) is 7.49. The van der Waals surface area contributed by atoms with Crippen LogP contribution in [-0.4, -0.2) is 37.1 Å². The summed E-state index contributed by atoms with van der Waals surface area (Å²) in [6.45, 7) is 7.59. The van der Waals surface area contributed by atoms with E-state index in [1.165, 1.54) is 71.1 Å². The van der Waals surface area contributed by atoms with Crippen LogP contribution in [0.25, 0.3) is 0 Å². The van der Waals surface area contributed by atoms with E-state index in [4.69, 9.17) is 0 Å². The van der Waals surface area contributed by atoms with Gasteiger partial charge in [0, 0.05) is 6.04 Å². The maximum absolute atomic E-state index is 3.46. The average molecular weight is 261 g/mol. The van der Waals surface area contributed by atoms with Crippen molar-refractivity contribution in [2.24, 2.45) is 5.92 Å². The molecule has 0 spiro atoms. The minimum absolute atomic E-state index is 0. The second-order valence-corrected chi connectivity index (χ2v) is 5.58. The molecule has 0 bridgehead atoms. The monoisotopic (exact) mass is 260 g/mol. The molecule has 0 saturated carbocycles. The Morgan fingerprint density at radius 3 is 2.59 bits per heavy atom. The molecule has 1 unspecified atom stereocenters. The smallest absolute Gasteiger partial charge is 0.00926 e. The lowest BCUT2D eigenvalue weighted by atomic mass is 9.93. The SMILES string of the molecule is CCC1CCCCN1CCC1CCNCC1.Cl. The van der Waals surface area contributed by atoms with Crippen molar-refractivity contribution >= 4 is 12.4 Å². The van der Waals surface area contributed by atoms with Gasteiger partial charge in [-0.1, -0.05) is 13.3 Å². The van der Waals surface area contributed by atoms with E-state index in [2.05, 4.69) is 17.1 Å². The van der Waals surface area contributed by atoms with Crippen molar-refractivity contribution < 1.29 is 0 Å². The van der Waals surface area contributed by atoms with Gasteiger partial charge in [0.25, 0.3) is 0 Å². The van der Waals surface area contributed by atoms with Gasteiger partial charge in [0.2, 0.25) is 0 Å². The molecule has 17 heavy (non-hydrogen) atoms. The Bertz CT molecular complexity index is 193. The number of hydrogen-bond acceptors (Lipinski definition) is 2. The summed E-state index contributed by atoms with van der Waals surface area (Å²) in [6, 6.07) is 0.899. The topological polar surface area (TPSA) is 15.3 Å². The molecule has 2 rings (SSSR count). The van der Waals surface area contributed by atoms with E-state index in [-0.39, 0.29) is 12.4 Å². The highest BCUT2D eigenvalue weighted by Crippen LogP contribution is 2.22. The second-order valence-electron chi connectivity index (χ2n) is 5.58. The van der Waals surface area contributed by atoms with Crippen molar-refractivity contribution in [2.45, 2.75) is 57.9 Å². The molecular formula is C14H29ClN2. The number of halogens is 1. The van der Waals surface area contributed by atoms with Crippen LogP contribution in [0.1, 0.15) is 51.9 Å². The summed E-state index contributed by atoms with van der Waals surface area (Å²) in [5, 5.41) is 3.46. The van der Waals surface area contributed by atoms with E-state index >= 15 is 0 Å². The van der Waals surface area contributed by atoms with E-state index in [9.17, 15) is 0 Å². The molecule has 2 heterocycles. The quantitative estimate of drug-likeness (QED) is 0.836. The Morgan fingerprint density at radius 2 is 1.88 bits per heavy atom. The van der Waals surface area contributed by atoms with Gasteiger partial charge < -0.3 is 10.2 Å². The maximum atomic E-state index is 3.46. The van der Waals surface area contributed by atoms with Gasteiger partial charge in [0.1, 0.15) is 0 Å². The minimum Gasteiger partial charge on any atom is -0.317 e. The zero-order chi connectivity index (χ0) is 11.2. The van der Waals surface area contributed by atoms with Crippen molar-refractivity contribution in [3.8, 4) is 0 Å². The van der Waals surface area contributed by atoms with Crippen LogP contribution < -0.4 is 5.32 Å². The predicted octanol–water partition coefficient (Wildman–Crippen LogP) is 3.06. The van der Waals surface area contributed by atoms with Crippen molar-refractivity contribution in [1.82, 2.24) is 10.2 Å². The lowest BCUT2D eigenvalue weighted by Crippen LogP contribution is -2.40. The molecule has 3 heteroatoms. The minimum atomic E-state index is 0. The molecule has 2 aliphatic rings. The number of nitrogens with one attached hydrogen (secondary N) is 1. The number of likely N-dealkylation sites (tertiary alicyclic amines) is 1. The molecule has 2 nitrogen and oxygen atoms in total. The standard InChI is InChI=1S/C14H28N2.ClH/c1-2-14-5-3-4-11-16(14)12-8-13-6-9-15-10-7-13;/h13-15H,2-12H2,1H3;1H. The fourth-order valence-corrected chi connectivity index (χ4v) is 3.34. The van der Waals surface area contributed by atoms with Gasteiger partial charge in [-0.25, -0.2) is 0 Å². The molecule has 0 aromatic carbocycles. The summed E-state index contributed by atoms with van der Waals surface area (Å²) in [5.74, 6) is 1.00. The van der Waals surface area contributed by atoms with E-state index < -0.39 is 0 Å². The van der Waals surface area contributed by atoms with Crippen LogP contribution in [0.4, 0.5) is 0 Å². The summed E-state index contributed by atoms with van der Waals surface area (Å²) in [7, 11) is 0. The fourth-order valence-electron chi connectivity index (χ4n) is 3.34. The highest BCUT2D eigenvalue weighted by Gasteiger charge is 2.21. The Balaban J connectivity index is 0.00000144. The van der Waals surface area contributed by atoms with Gasteiger partial charge in [-0.15, -0.1) is 12.4 Å².